The number of amides is 1. The summed E-state index contributed by atoms with van der Waals surface area (Å²) in [6.45, 7) is 12.1. The third-order valence-electron chi connectivity index (χ3n) is 7.97. The number of hydrogen-bond donors (Lipinski definition) is 1. The van der Waals surface area contributed by atoms with E-state index in [9.17, 15) is 4.79 Å². The average Bonchev–Trinajstić information content (AvgIpc) is 3.02. The highest BCUT2D eigenvalue weighted by Crippen LogP contribution is 2.43. The molecule has 4 rings (SSSR count). The second-order valence-electron chi connectivity index (χ2n) is 10.8. The Hall–Kier alpha value is -1.98. The molecule has 1 aromatic heterocycles. The van der Waals surface area contributed by atoms with E-state index in [1.54, 1.807) is 0 Å². The van der Waals surface area contributed by atoms with Gasteiger partial charge >= 0.3 is 0 Å². The summed E-state index contributed by atoms with van der Waals surface area (Å²) >= 11 is 7.87. The second-order valence-corrected chi connectivity index (χ2v) is 12.5. The van der Waals surface area contributed by atoms with Gasteiger partial charge in [-0.05, 0) is 86.6 Å². The van der Waals surface area contributed by atoms with E-state index >= 15 is 0 Å². The van der Waals surface area contributed by atoms with Crippen molar-refractivity contribution in [1.82, 2.24) is 9.55 Å². The molecule has 0 saturated heterocycles. The maximum atomic E-state index is 13.0. The van der Waals surface area contributed by atoms with Crippen molar-refractivity contribution < 1.29 is 4.79 Å². The smallest absolute Gasteiger partial charge is 0.237 e. The first-order valence-electron chi connectivity index (χ1n) is 12.9. The Morgan fingerprint density at radius 3 is 2.71 bits per heavy atom. The van der Waals surface area contributed by atoms with Crippen LogP contribution in [-0.4, -0.2) is 20.7 Å². The standard InChI is InChI=1S/C29H38ClN3OS/c1-19(2)29(5)15-8-9-22(14-16-29)18-33-26-11-7-6-10-25(26)32-28(33)35-21(4)27(34)31-24-13-12-20(3)17-23(24)30/h6-7,10-13,17,19,21-22H,8-9,14-16,18H2,1-5H3,(H,31,34). The number of nitrogens with zero attached hydrogens (tertiary/aromatic N) is 2. The average molecular weight is 512 g/mol. The number of para-hydroxylation sites is 2. The summed E-state index contributed by atoms with van der Waals surface area (Å²) in [5, 5.41) is 4.16. The Kier molecular flexibility index (Phi) is 8.17. The van der Waals surface area contributed by atoms with Gasteiger partial charge in [0, 0.05) is 6.54 Å². The number of imidazole rings is 1. The molecule has 6 heteroatoms. The van der Waals surface area contributed by atoms with Gasteiger partial charge < -0.3 is 9.88 Å². The van der Waals surface area contributed by atoms with Crippen molar-refractivity contribution in [2.45, 2.75) is 83.7 Å². The van der Waals surface area contributed by atoms with E-state index in [0.29, 0.717) is 28.0 Å². The number of thioether (sulfide) groups is 1. The highest BCUT2D eigenvalue weighted by molar-refractivity contribution is 8.00. The van der Waals surface area contributed by atoms with E-state index in [2.05, 4.69) is 48.9 Å². The van der Waals surface area contributed by atoms with Crippen LogP contribution in [0.4, 0.5) is 5.69 Å². The topological polar surface area (TPSA) is 46.9 Å². The molecule has 188 valence electrons. The summed E-state index contributed by atoms with van der Waals surface area (Å²) in [4.78, 5) is 18.0. The van der Waals surface area contributed by atoms with Crippen LogP contribution in [0.1, 0.15) is 65.4 Å². The Morgan fingerprint density at radius 2 is 1.97 bits per heavy atom. The van der Waals surface area contributed by atoms with E-state index in [-0.39, 0.29) is 11.2 Å². The fourth-order valence-corrected chi connectivity index (χ4v) is 6.32. The van der Waals surface area contributed by atoms with Crippen LogP contribution >= 0.6 is 23.4 Å². The molecular formula is C29H38ClN3OS. The lowest BCUT2D eigenvalue weighted by Crippen LogP contribution is -2.23. The molecule has 1 amide bonds. The van der Waals surface area contributed by atoms with Crippen molar-refractivity contribution in [2.24, 2.45) is 17.3 Å². The molecule has 1 heterocycles. The van der Waals surface area contributed by atoms with Crippen molar-refractivity contribution in [2.75, 3.05) is 5.32 Å². The fraction of sp³-hybridized carbons (Fsp3) is 0.517. The number of hydrogen-bond acceptors (Lipinski definition) is 3. The Bertz CT molecular complexity index is 1190. The molecule has 35 heavy (non-hydrogen) atoms. The zero-order valence-electron chi connectivity index (χ0n) is 21.6. The molecule has 1 aliphatic carbocycles. The molecule has 3 atom stereocenters. The Morgan fingerprint density at radius 1 is 1.20 bits per heavy atom. The summed E-state index contributed by atoms with van der Waals surface area (Å²) in [7, 11) is 0. The molecule has 1 saturated carbocycles. The molecule has 1 fully saturated rings. The number of carbonyl (C=O) groups is 1. The highest BCUT2D eigenvalue weighted by Gasteiger charge is 2.32. The minimum Gasteiger partial charge on any atom is -0.324 e. The van der Waals surface area contributed by atoms with Crippen LogP contribution in [0.25, 0.3) is 11.0 Å². The van der Waals surface area contributed by atoms with Crippen LogP contribution in [0.3, 0.4) is 0 Å². The number of rotatable bonds is 7. The zero-order valence-corrected chi connectivity index (χ0v) is 23.2. The molecule has 1 aliphatic rings. The second kappa shape index (κ2) is 11.0. The number of aromatic nitrogens is 2. The molecule has 0 radical (unpaired) electrons. The maximum absolute atomic E-state index is 13.0. The molecule has 4 nitrogen and oxygen atoms in total. The van der Waals surface area contributed by atoms with Gasteiger partial charge in [-0.25, -0.2) is 4.98 Å². The third kappa shape index (κ3) is 6.06. The summed E-state index contributed by atoms with van der Waals surface area (Å²) in [6.07, 6.45) is 6.37. The van der Waals surface area contributed by atoms with Crippen molar-refractivity contribution in [3.05, 3.63) is 53.1 Å². The maximum Gasteiger partial charge on any atom is 0.237 e. The first kappa shape index (κ1) is 26.1. The summed E-state index contributed by atoms with van der Waals surface area (Å²) in [5.74, 6) is 1.27. The molecule has 3 unspecified atom stereocenters. The van der Waals surface area contributed by atoms with Crippen LogP contribution in [0, 0.1) is 24.2 Å². The zero-order chi connectivity index (χ0) is 25.2. The van der Waals surface area contributed by atoms with Gasteiger partial charge in [0.25, 0.3) is 0 Å². The van der Waals surface area contributed by atoms with Crippen molar-refractivity contribution in [1.29, 1.82) is 0 Å². The van der Waals surface area contributed by atoms with E-state index in [4.69, 9.17) is 16.6 Å². The minimum atomic E-state index is -0.304. The first-order valence-corrected chi connectivity index (χ1v) is 14.1. The van der Waals surface area contributed by atoms with Crippen LogP contribution in [0.2, 0.25) is 5.02 Å². The van der Waals surface area contributed by atoms with Crippen molar-refractivity contribution >= 4 is 46.0 Å². The monoisotopic (exact) mass is 511 g/mol. The van der Waals surface area contributed by atoms with Crippen LogP contribution in [0.5, 0.6) is 0 Å². The fourth-order valence-electron chi connectivity index (χ4n) is 5.10. The molecule has 0 spiro atoms. The van der Waals surface area contributed by atoms with Crippen LogP contribution in [0.15, 0.2) is 47.6 Å². The molecule has 2 aromatic carbocycles. The van der Waals surface area contributed by atoms with E-state index in [1.165, 1.54) is 43.9 Å². The Labute approximate surface area is 219 Å². The quantitative estimate of drug-likeness (QED) is 0.256. The number of benzene rings is 2. The summed E-state index contributed by atoms with van der Waals surface area (Å²) in [5.41, 5.74) is 4.30. The normalized spacial score (nSPS) is 21.7. The lowest BCUT2D eigenvalue weighted by atomic mass is 9.73. The van der Waals surface area contributed by atoms with Crippen molar-refractivity contribution in [3.8, 4) is 0 Å². The molecule has 0 aliphatic heterocycles. The third-order valence-corrected chi connectivity index (χ3v) is 9.37. The van der Waals surface area contributed by atoms with Gasteiger partial charge in [-0.1, -0.05) is 68.8 Å². The molecule has 3 aromatic rings. The number of anilines is 1. The number of halogens is 1. The largest absolute Gasteiger partial charge is 0.324 e. The van der Waals surface area contributed by atoms with Gasteiger partial charge in [0.05, 0.1) is 27.0 Å². The van der Waals surface area contributed by atoms with E-state index < -0.39 is 0 Å². The lowest BCUT2D eigenvalue weighted by molar-refractivity contribution is -0.115. The number of carbonyl (C=O) groups excluding carboxylic acids is 1. The number of aryl methyl sites for hydroxylation is 1. The number of nitrogens with one attached hydrogen (secondary N) is 1. The number of fused-ring (bicyclic) bond motifs is 1. The lowest BCUT2D eigenvalue weighted by Gasteiger charge is -2.32. The predicted molar refractivity (Wildman–Crippen MR) is 149 cm³/mol. The Balaban J connectivity index is 1.52. The molecular weight excluding hydrogens is 474 g/mol. The SMILES string of the molecule is Cc1ccc(NC(=O)C(C)Sc2nc3ccccc3n2CC2CCCC(C)(C(C)C)CC2)c(Cl)c1. The van der Waals surface area contributed by atoms with Gasteiger partial charge in [0.2, 0.25) is 5.91 Å². The highest BCUT2D eigenvalue weighted by atomic mass is 35.5. The van der Waals surface area contributed by atoms with Gasteiger partial charge in [0.1, 0.15) is 0 Å². The summed E-state index contributed by atoms with van der Waals surface area (Å²) < 4.78 is 2.35. The van der Waals surface area contributed by atoms with Crippen LogP contribution < -0.4 is 5.32 Å². The van der Waals surface area contributed by atoms with Crippen molar-refractivity contribution in [3.63, 3.8) is 0 Å². The minimum absolute atomic E-state index is 0.0680. The first-order chi connectivity index (χ1) is 16.7. The molecule has 1 N–H and O–H groups in total. The van der Waals surface area contributed by atoms with Gasteiger partial charge in [-0.2, -0.15) is 0 Å². The van der Waals surface area contributed by atoms with Crippen LogP contribution in [-0.2, 0) is 11.3 Å². The van der Waals surface area contributed by atoms with Gasteiger partial charge in [-0.15, -0.1) is 0 Å². The van der Waals surface area contributed by atoms with Gasteiger partial charge in [0.15, 0.2) is 5.16 Å². The predicted octanol–water partition coefficient (Wildman–Crippen LogP) is 8.36. The van der Waals surface area contributed by atoms with E-state index in [1.807, 2.05) is 38.1 Å². The molecule has 0 bridgehead atoms. The summed E-state index contributed by atoms with van der Waals surface area (Å²) in [6, 6.07) is 14.0. The van der Waals surface area contributed by atoms with E-state index in [0.717, 1.165) is 28.3 Å². The van der Waals surface area contributed by atoms with Gasteiger partial charge in [-0.3, -0.25) is 4.79 Å².